The van der Waals surface area contributed by atoms with E-state index in [0.717, 1.165) is 58.8 Å². The predicted octanol–water partition coefficient (Wildman–Crippen LogP) is 15.0. The Morgan fingerprint density at radius 3 is 1.62 bits per heavy atom. The topological polar surface area (TPSA) is 200 Å². The minimum atomic E-state index is -1.27. The largest absolute Gasteiger partial charge is 0.100 e. The fourth-order valence-electron chi connectivity index (χ4n) is 17.6. The van der Waals surface area contributed by atoms with E-state index in [2.05, 4.69) is 106 Å². The maximum Gasteiger partial charge on any atom is 0.00468 e. The molecule has 7 aliphatic rings. The molecular formula is C77H124B3N3O10. The summed E-state index contributed by atoms with van der Waals surface area (Å²) in [6.45, 7) is 36.2. The van der Waals surface area contributed by atoms with Crippen molar-refractivity contribution in [3.63, 3.8) is 0 Å². The van der Waals surface area contributed by atoms with Gasteiger partial charge < -0.3 is 9.84 Å². The molecule has 0 heterocycles. The average molecular weight is 1280 g/mol. The van der Waals surface area contributed by atoms with Crippen LogP contribution in [0, 0.1) is 64.1 Å². The normalized spacial score (nSPS) is 29.9. The van der Waals surface area contributed by atoms with Crippen molar-refractivity contribution in [1.82, 2.24) is 10.6 Å². The van der Waals surface area contributed by atoms with E-state index in [0.29, 0.717) is 90.7 Å². The minimum absolute atomic E-state index is 0.00264. The number of nitrogens with two attached hydrogens (primary N) is 1. The fourth-order valence-corrected chi connectivity index (χ4v) is 17.6. The maximum absolute atomic E-state index is 13.4. The predicted molar refractivity (Wildman–Crippen MR) is 381 cm³/mol. The van der Waals surface area contributed by atoms with Gasteiger partial charge >= 0.3 is 225 Å². The third-order valence-electron chi connectivity index (χ3n) is 23.3. The van der Waals surface area contributed by atoms with Gasteiger partial charge in [-0.1, -0.05) is 150 Å². The van der Waals surface area contributed by atoms with Crippen LogP contribution in [0.3, 0.4) is 0 Å². The van der Waals surface area contributed by atoms with Crippen molar-refractivity contribution < 1.29 is 48.1 Å². The molecule has 0 aromatic heterocycles. The molecule has 16 heteroatoms. The molecule has 11 unspecified atom stereocenters. The Kier molecular flexibility index (Phi) is 32.9. The van der Waals surface area contributed by atoms with Crippen LogP contribution in [0.15, 0.2) is 48.1 Å². The second-order valence-corrected chi connectivity index (χ2v) is 31.1. The van der Waals surface area contributed by atoms with Crippen molar-refractivity contribution in [1.29, 1.82) is 0 Å². The Labute approximate surface area is 566 Å². The molecule has 7 fully saturated rings. The van der Waals surface area contributed by atoms with E-state index in [1.54, 1.807) is 5.57 Å². The Hall–Kier alpha value is -4.33. The molecule has 0 saturated heterocycles. The van der Waals surface area contributed by atoms with Crippen molar-refractivity contribution in [2.45, 2.75) is 323 Å². The summed E-state index contributed by atoms with van der Waals surface area (Å²) in [4.78, 5) is 76.5. The van der Waals surface area contributed by atoms with Crippen LogP contribution in [0.25, 0.3) is 0 Å². The molecule has 13 nitrogen and oxygen atoms in total. The molecule has 7 aliphatic carbocycles. The molecule has 0 spiro atoms. The molecule has 516 valence electrons. The number of carboxylic acids is 1. The molecule has 16 atom stereocenters. The molecule has 7 saturated carbocycles. The van der Waals surface area contributed by atoms with Crippen LogP contribution in [0.4, 0.5) is 0 Å². The van der Waals surface area contributed by atoms with Crippen molar-refractivity contribution >= 4 is 69.4 Å². The fraction of sp³-hybridized carbons (Fsp3) is 0.792. The van der Waals surface area contributed by atoms with Gasteiger partial charge in [0.2, 0.25) is 0 Å². The number of esters is 3. The van der Waals surface area contributed by atoms with Crippen LogP contribution >= 0.6 is 0 Å². The summed E-state index contributed by atoms with van der Waals surface area (Å²) >= 11 is 0. The van der Waals surface area contributed by atoms with Gasteiger partial charge in [0.05, 0.1) is 7.85 Å². The van der Waals surface area contributed by atoms with Crippen molar-refractivity contribution in [3.8, 4) is 0 Å². The van der Waals surface area contributed by atoms with Gasteiger partial charge in [0.15, 0.2) is 0 Å². The van der Waals surface area contributed by atoms with Crippen molar-refractivity contribution in [2.75, 3.05) is 0 Å². The van der Waals surface area contributed by atoms with Crippen LogP contribution in [-0.4, -0.2) is 111 Å². The summed E-state index contributed by atoms with van der Waals surface area (Å²) in [7, 11) is 17.8. The van der Waals surface area contributed by atoms with E-state index in [4.69, 9.17) is 47.9 Å². The molecule has 4 radical (unpaired) electrons. The van der Waals surface area contributed by atoms with Crippen molar-refractivity contribution in [3.05, 3.63) is 48.1 Å². The second kappa shape index (κ2) is 38.6. The summed E-state index contributed by atoms with van der Waals surface area (Å²) in [5, 5.41) is 14.3. The van der Waals surface area contributed by atoms with E-state index in [-0.39, 0.29) is 50.8 Å². The van der Waals surface area contributed by atoms with Gasteiger partial charge in [-0.15, -0.1) is 6.58 Å². The zero-order valence-corrected chi connectivity index (χ0v) is 59.7. The average Bonchev–Trinajstić information content (AvgIpc) is 1.64. The standard InChI is InChI=1S/C37H50B3N3O10.C20H38.C20H36/c1-20-17-23(7-10-26(20)38)51-35(48)29(41)13-15-32(44)43-31(37(50)53-25-9-12-28(40)22(3)19-25)14-16-33(45)42-30(5-4-6-34(46)47)36(49)52-24-8-11-27(39)21(2)18-24;2*1-6-17-11-8-14-20(5)18(12-13-19(17)20)16(4)10-7-9-15(2)3/h23-25,27,29-31H,1-19,41H2,(H,42,45)(H,43,44)(H,46,47);15-19H,6-14H2,1-5H3;6,15-16,18-19H,7-14H2,1-5H3/b;;17-6+/t23?,24?,25?,27-,29?,30?,31?;16?,17?,18?,19-,20+;16?,18?,19-,20+/m011/s1. The first kappa shape index (κ1) is 79.4. The number of rotatable bonds is 29. The van der Waals surface area contributed by atoms with Crippen LogP contribution in [0.2, 0.25) is 5.82 Å². The molecule has 0 bridgehead atoms. The van der Waals surface area contributed by atoms with Crippen LogP contribution in [0.1, 0.15) is 281 Å². The van der Waals surface area contributed by atoms with E-state index >= 15 is 0 Å². The first-order valence-electron chi connectivity index (χ1n) is 36.8. The second-order valence-electron chi connectivity index (χ2n) is 31.1. The molecule has 0 aromatic carbocycles. The van der Waals surface area contributed by atoms with Crippen molar-refractivity contribution in [2.24, 2.45) is 69.8 Å². The van der Waals surface area contributed by atoms with Crippen LogP contribution in [0.5, 0.6) is 0 Å². The maximum atomic E-state index is 13.4. The number of hydrogen-bond acceptors (Lipinski definition) is 10. The van der Waals surface area contributed by atoms with Gasteiger partial charge in [-0.25, -0.2) is 4.79 Å². The molecule has 2 amide bonds. The molecule has 93 heavy (non-hydrogen) atoms. The summed E-state index contributed by atoms with van der Waals surface area (Å²) in [6.07, 6.45) is 29.2. The Bertz CT molecular complexity index is 2580. The monoisotopic (exact) mass is 1280 g/mol. The Morgan fingerprint density at radius 1 is 0.602 bits per heavy atom. The number of hydrogen-bond donors (Lipinski definition) is 4. The molecule has 7 rings (SSSR count). The van der Waals surface area contributed by atoms with Gasteiger partial charge in [0.1, 0.15) is 6.10 Å². The van der Waals surface area contributed by atoms with Gasteiger partial charge in [-0.3, -0.25) is 4.79 Å². The van der Waals surface area contributed by atoms with E-state index < -0.39 is 72.1 Å². The number of aliphatic carboxylic acids is 1. The number of fused-ring (bicyclic) bond motifs is 2. The molecule has 5 N–H and O–H groups in total. The molecular weight excluding hydrogens is 1160 g/mol. The number of carboxylic acid groups (broad SMARTS) is 1. The summed E-state index contributed by atoms with van der Waals surface area (Å²) < 4.78 is 16.8. The van der Waals surface area contributed by atoms with E-state index in [1.807, 2.05) is 0 Å². The first-order valence-corrected chi connectivity index (χ1v) is 36.8. The number of nitrogens with one attached hydrogen (secondary N) is 2. The zero-order chi connectivity index (χ0) is 68.7. The third kappa shape index (κ3) is 24.3. The van der Waals surface area contributed by atoms with Crippen LogP contribution in [-0.2, 0) is 43.0 Å². The van der Waals surface area contributed by atoms with Gasteiger partial charge in [-0.2, -0.15) is 0 Å². The number of allylic oxidation sites excluding steroid dienone is 2. The first-order chi connectivity index (χ1) is 44.0. The summed E-state index contributed by atoms with van der Waals surface area (Å²) in [5.41, 5.74) is 12.5. The van der Waals surface area contributed by atoms with E-state index in [1.165, 1.54) is 109 Å². The zero-order valence-electron chi connectivity index (χ0n) is 59.7. The number of ether oxygens (including phenoxy) is 3. The Morgan fingerprint density at radius 2 is 1.11 bits per heavy atom. The summed E-state index contributed by atoms with van der Waals surface area (Å²) in [6, 6.07) is -3.52. The quantitative estimate of drug-likeness (QED) is 0.0240. The number of carbonyl (C=O) groups excluding carboxylic acids is 5. The number of carbonyl (C=O) groups is 6. The molecule has 0 aromatic rings. The number of amides is 2. The smallest absolute Gasteiger partial charge is 0.00468 e. The van der Waals surface area contributed by atoms with Gasteiger partial charge in [0, 0.05) is 12.8 Å². The molecule has 0 aliphatic heterocycles. The minimum Gasteiger partial charge on any atom is -0.100 e. The van der Waals surface area contributed by atoms with Gasteiger partial charge in [0.25, 0.3) is 0 Å². The van der Waals surface area contributed by atoms with E-state index in [9.17, 15) is 28.8 Å². The summed E-state index contributed by atoms with van der Waals surface area (Å²) in [5.74, 6) is 3.99. The van der Waals surface area contributed by atoms with Gasteiger partial charge in [-0.05, 0) is 142 Å². The third-order valence-corrected chi connectivity index (χ3v) is 23.3. The SMILES string of the molecule is C/C=C1\CCC[C@@]2(C)C(C(C)CCCC(C)C)CC[C@H]12.CCC1CCC[C@@]2(C)C(C(C)CCCC(C)C)CC[C@H]12.[B][C@H]1CCC(OC(=O)C(CCCC(=O)O)NC(=O)CCC(NC(=O)CCC(N)C(=O)OC2CCC(=[B])C(=C)C2)C(=O)OC2CCC(=[B])C(=C)C2)CC1=C. The van der Waals surface area contributed by atoms with Crippen LogP contribution < -0.4 is 16.4 Å². The Balaban J connectivity index is 0.000000315.